The molecule has 1 N–H and O–H groups in total. The summed E-state index contributed by atoms with van der Waals surface area (Å²) in [6.07, 6.45) is 2.32. The van der Waals surface area contributed by atoms with E-state index >= 15 is 0 Å². The molecule has 178 valence electrons. The van der Waals surface area contributed by atoms with E-state index in [1.165, 1.54) is 14.2 Å². The maximum Gasteiger partial charge on any atom is 0.528 e. The highest BCUT2D eigenvalue weighted by molar-refractivity contribution is 6.11. The monoisotopic (exact) mass is 466 g/mol. The van der Waals surface area contributed by atoms with Crippen LogP contribution in [0.2, 0.25) is 0 Å². The minimum Gasteiger partial charge on any atom is -0.493 e. The Labute approximate surface area is 198 Å². The number of benzene rings is 2. The summed E-state index contributed by atoms with van der Waals surface area (Å²) in [4.78, 5) is 30.5. The molecule has 0 fully saturated rings. The summed E-state index contributed by atoms with van der Waals surface area (Å²) in [5, 5.41) is 19.4. The van der Waals surface area contributed by atoms with Gasteiger partial charge in [0, 0.05) is 12.1 Å². The molecule has 2 rings (SSSR count). The highest BCUT2D eigenvalue weighted by Gasteiger charge is 2.39. The zero-order chi connectivity index (χ0) is 25.1. The highest BCUT2D eigenvalue weighted by Crippen LogP contribution is 2.28. The van der Waals surface area contributed by atoms with E-state index in [0.29, 0.717) is 23.5 Å². The van der Waals surface area contributed by atoms with Crippen molar-refractivity contribution in [1.82, 2.24) is 4.90 Å². The number of aliphatic hydroxyl groups excluding tert-OH is 1. The molecule has 34 heavy (non-hydrogen) atoms. The van der Waals surface area contributed by atoms with Gasteiger partial charge in [-0.25, -0.2) is 0 Å². The molecule has 0 aliphatic rings. The molecule has 0 aromatic heterocycles. The highest BCUT2D eigenvalue weighted by atomic mass is 16.6. The van der Waals surface area contributed by atoms with Crippen LogP contribution in [-0.4, -0.2) is 49.2 Å². The lowest BCUT2D eigenvalue weighted by atomic mass is 10.0. The molecule has 2 aromatic carbocycles. The molecule has 9 nitrogen and oxygen atoms in total. The molecule has 0 heterocycles. The van der Waals surface area contributed by atoms with E-state index in [1.807, 2.05) is 0 Å². The van der Waals surface area contributed by atoms with Crippen LogP contribution >= 0.6 is 0 Å². The van der Waals surface area contributed by atoms with E-state index in [1.54, 1.807) is 55.5 Å². The standard InChI is InChI=1S/C25H27N3O6/c1-5-9-18-10-7-8-11-19(18)23(29)28(24(30)22(27-26)25(31)34-6-2)15-14-17-12-13-20(32-3)21(16-17)33-4/h5,7-8,10-13,16H,1,6,9,14-15H2,2-4H3/p+1. The summed E-state index contributed by atoms with van der Waals surface area (Å²) in [7, 11) is 3.03. The number of ether oxygens (including phenoxy) is 3. The number of hydrogen-bond donors (Lipinski definition) is 1. The lowest BCUT2D eigenvalue weighted by molar-refractivity contribution is -0.125. The van der Waals surface area contributed by atoms with Crippen molar-refractivity contribution in [2.75, 3.05) is 27.4 Å². The van der Waals surface area contributed by atoms with Gasteiger partial charge in [0.25, 0.3) is 5.91 Å². The maximum atomic E-state index is 13.5. The van der Waals surface area contributed by atoms with Crippen LogP contribution in [0, 0.1) is 5.39 Å². The lowest BCUT2D eigenvalue weighted by Crippen LogP contribution is -2.39. The van der Waals surface area contributed by atoms with Gasteiger partial charge in [0.2, 0.25) is 5.39 Å². The number of aliphatic hydroxyl groups is 1. The average Bonchev–Trinajstić information content (AvgIpc) is 2.85. The number of diazo groups is 1. The summed E-state index contributed by atoms with van der Waals surface area (Å²) in [5.41, 5.74) is 0.954. The molecule has 2 aromatic rings. The van der Waals surface area contributed by atoms with Gasteiger partial charge in [0.05, 0.1) is 20.8 Å². The van der Waals surface area contributed by atoms with Crippen LogP contribution in [0.3, 0.4) is 0 Å². The molecule has 0 saturated heterocycles. The van der Waals surface area contributed by atoms with Crippen LogP contribution in [0.4, 0.5) is 0 Å². The minimum absolute atomic E-state index is 0.0277. The van der Waals surface area contributed by atoms with E-state index in [9.17, 15) is 20.1 Å². The van der Waals surface area contributed by atoms with Crippen molar-refractivity contribution in [1.29, 1.82) is 5.39 Å². The van der Waals surface area contributed by atoms with Gasteiger partial charge in [0.15, 0.2) is 16.5 Å². The number of rotatable bonds is 11. The zero-order valence-electron chi connectivity index (χ0n) is 19.5. The molecule has 0 atom stereocenters. The molecule has 0 aliphatic heterocycles. The van der Waals surface area contributed by atoms with Gasteiger partial charge in [0.1, 0.15) is 0 Å². The summed E-state index contributed by atoms with van der Waals surface area (Å²) in [5.74, 6) is -1.46. The summed E-state index contributed by atoms with van der Waals surface area (Å²) < 4.78 is 15.5. The molecule has 2 amide bonds. The Hall–Kier alpha value is -4.32. The first-order valence-electron chi connectivity index (χ1n) is 10.6. The van der Waals surface area contributed by atoms with Crippen molar-refractivity contribution >= 4 is 11.8 Å². The molecule has 0 unspecified atom stereocenters. The number of nitrogens with zero attached hydrogens (tertiary/aromatic N) is 3. The van der Waals surface area contributed by atoms with Crippen LogP contribution in [-0.2, 0) is 22.4 Å². The predicted molar refractivity (Wildman–Crippen MR) is 126 cm³/mol. The second-order valence-corrected chi connectivity index (χ2v) is 7.04. The first kappa shape index (κ1) is 25.9. The Morgan fingerprint density at radius 3 is 2.47 bits per heavy atom. The van der Waals surface area contributed by atoms with Crippen molar-refractivity contribution in [3.8, 4) is 11.5 Å². The summed E-state index contributed by atoms with van der Waals surface area (Å²) in [6, 6.07) is 12.1. The molecule has 9 heteroatoms. The second-order valence-electron chi connectivity index (χ2n) is 7.04. The first-order valence-corrected chi connectivity index (χ1v) is 10.6. The van der Waals surface area contributed by atoms with Crippen molar-refractivity contribution in [2.45, 2.75) is 19.8 Å². The average molecular weight is 467 g/mol. The van der Waals surface area contributed by atoms with Crippen LogP contribution in [0.1, 0.15) is 28.4 Å². The minimum atomic E-state index is -1.01. The molecule has 0 aliphatic carbocycles. The van der Waals surface area contributed by atoms with Gasteiger partial charge in [-0.05, 0) is 49.1 Å². The van der Waals surface area contributed by atoms with Gasteiger partial charge >= 0.3 is 17.5 Å². The van der Waals surface area contributed by atoms with Gasteiger partial charge in [-0.3, -0.25) is 14.5 Å². The lowest BCUT2D eigenvalue weighted by Gasteiger charge is -2.20. The van der Waals surface area contributed by atoms with Crippen LogP contribution in [0.5, 0.6) is 11.5 Å². The molecule has 0 spiro atoms. The number of imide groups is 1. The van der Waals surface area contributed by atoms with Crippen molar-refractivity contribution in [3.63, 3.8) is 0 Å². The SMILES string of the molecule is C=CCc1ccccc1C(=O)N(CCc1ccc(OC)c(OC)c1)C(=O)/C([N+]#N)=C(\O)OCC. The fraction of sp³-hybridized carbons (Fsp3) is 0.280. The van der Waals surface area contributed by atoms with Gasteiger partial charge in [-0.2, -0.15) is 0 Å². The Morgan fingerprint density at radius 2 is 1.85 bits per heavy atom. The Morgan fingerprint density at radius 1 is 1.15 bits per heavy atom. The van der Waals surface area contributed by atoms with E-state index in [4.69, 9.17) is 14.2 Å². The number of carbonyl (C=O) groups is 2. The van der Waals surface area contributed by atoms with Crippen LogP contribution < -0.4 is 9.47 Å². The fourth-order valence-electron chi connectivity index (χ4n) is 3.29. The largest absolute Gasteiger partial charge is 0.528 e. The normalized spacial score (nSPS) is 11.0. The maximum absolute atomic E-state index is 13.5. The third-order valence-electron chi connectivity index (χ3n) is 4.96. The third kappa shape index (κ3) is 6.13. The quantitative estimate of drug-likeness (QED) is 0.228. The van der Waals surface area contributed by atoms with E-state index in [-0.39, 0.29) is 25.1 Å². The van der Waals surface area contributed by atoms with Gasteiger partial charge in [-0.15, -0.1) is 6.58 Å². The van der Waals surface area contributed by atoms with Crippen molar-refractivity contribution in [2.24, 2.45) is 0 Å². The van der Waals surface area contributed by atoms with Gasteiger partial charge in [-0.1, -0.05) is 30.3 Å². The van der Waals surface area contributed by atoms with Crippen molar-refractivity contribution in [3.05, 3.63) is 88.4 Å². The molecular weight excluding hydrogens is 438 g/mol. The second kappa shape index (κ2) is 12.6. The third-order valence-corrected chi connectivity index (χ3v) is 4.96. The molecular formula is C25H28N3O6+. The van der Waals surface area contributed by atoms with Crippen molar-refractivity contribution < 1.29 is 28.9 Å². The number of allylic oxidation sites excluding steroid dienone is 1. The zero-order valence-corrected chi connectivity index (χ0v) is 19.5. The molecule has 0 saturated carbocycles. The van der Waals surface area contributed by atoms with Gasteiger partial charge < -0.3 is 19.3 Å². The summed E-state index contributed by atoms with van der Waals surface area (Å²) >= 11 is 0. The van der Waals surface area contributed by atoms with E-state index in [0.717, 1.165) is 10.5 Å². The Balaban J connectivity index is 2.47. The summed E-state index contributed by atoms with van der Waals surface area (Å²) in [6.45, 7) is 5.25. The fourth-order valence-corrected chi connectivity index (χ4v) is 3.29. The number of amides is 2. The van der Waals surface area contributed by atoms with E-state index < -0.39 is 23.5 Å². The Bertz CT molecular complexity index is 1120. The molecule has 0 radical (unpaired) electrons. The smallest absolute Gasteiger partial charge is 0.493 e. The topological polar surface area (TPSA) is 113 Å². The first-order chi connectivity index (χ1) is 16.4. The predicted octanol–water partition coefficient (Wildman–Crippen LogP) is 4.26. The van der Waals surface area contributed by atoms with Crippen LogP contribution in [0.25, 0.3) is 4.98 Å². The number of hydrogen-bond acceptors (Lipinski definition) is 7. The van der Waals surface area contributed by atoms with E-state index in [2.05, 4.69) is 11.6 Å². The molecule has 0 bridgehead atoms. The number of methoxy groups -OCH3 is 2. The van der Waals surface area contributed by atoms with Crippen LogP contribution in [0.15, 0.2) is 66.8 Å². The Kier molecular flexibility index (Phi) is 9.65. The number of carbonyl (C=O) groups excluding carboxylic acids is 2.